The lowest BCUT2D eigenvalue weighted by atomic mass is 9.79. The van der Waals surface area contributed by atoms with Gasteiger partial charge in [-0.05, 0) is 31.1 Å². The Kier molecular flexibility index (Phi) is 3.35. The number of aromatic nitrogens is 2. The van der Waals surface area contributed by atoms with Crippen LogP contribution in [-0.4, -0.2) is 9.55 Å². The lowest BCUT2D eigenvalue weighted by Crippen LogP contribution is -2.25. The zero-order chi connectivity index (χ0) is 10.8. The van der Waals surface area contributed by atoms with E-state index in [1.807, 2.05) is 12.5 Å². The first-order valence-corrected chi connectivity index (χ1v) is 6.32. The monoisotopic (exact) mass is 226 g/mol. The third-order valence-electron chi connectivity index (χ3n) is 3.63. The summed E-state index contributed by atoms with van der Waals surface area (Å²) in [6.45, 7) is 4.70. The second kappa shape index (κ2) is 4.56. The second-order valence-electron chi connectivity index (χ2n) is 4.89. The number of hydrogen-bond acceptors (Lipinski definition) is 1. The summed E-state index contributed by atoms with van der Waals surface area (Å²) in [5.41, 5.74) is 1.16. The van der Waals surface area contributed by atoms with Crippen LogP contribution in [0.5, 0.6) is 0 Å². The third-order valence-corrected chi connectivity index (χ3v) is 3.90. The molecule has 0 N–H and O–H groups in total. The molecule has 1 aliphatic rings. The van der Waals surface area contributed by atoms with E-state index in [1.54, 1.807) is 0 Å². The van der Waals surface area contributed by atoms with Crippen LogP contribution in [0.3, 0.4) is 0 Å². The molecule has 1 saturated carbocycles. The van der Waals surface area contributed by atoms with Crippen molar-refractivity contribution in [1.82, 2.24) is 9.55 Å². The van der Waals surface area contributed by atoms with E-state index in [2.05, 4.69) is 23.4 Å². The molecular weight excluding hydrogens is 208 g/mol. The summed E-state index contributed by atoms with van der Waals surface area (Å²) in [7, 11) is 0. The average molecular weight is 227 g/mol. The van der Waals surface area contributed by atoms with Crippen molar-refractivity contribution in [3.63, 3.8) is 0 Å². The minimum atomic E-state index is 0.568. The first-order valence-electron chi connectivity index (χ1n) is 5.79. The van der Waals surface area contributed by atoms with E-state index >= 15 is 0 Å². The molecule has 1 aromatic heterocycles. The highest BCUT2D eigenvalue weighted by Gasteiger charge is 2.27. The van der Waals surface area contributed by atoms with E-state index in [0.717, 1.165) is 17.5 Å². The maximum atomic E-state index is 5.91. The fourth-order valence-corrected chi connectivity index (χ4v) is 3.00. The molecule has 0 aliphatic heterocycles. The quantitative estimate of drug-likeness (QED) is 0.705. The summed E-state index contributed by atoms with van der Waals surface area (Å²) in [6.07, 6.45) is 7.74. The van der Waals surface area contributed by atoms with Crippen LogP contribution in [0.2, 0.25) is 0 Å². The SMILES string of the molecule is CC1CCC(n2cncc2CCl)C(C)C1. The Morgan fingerprint density at radius 2 is 2.27 bits per heavy atom. The highest BCUT2D eigenvalue weighted by molar-refractivity contribution is 6.16. The van der Waals surface area contributed by atoms with Crippen LogP contribution in [0, 0.1) is 11.8 Å². The summed E-state index contributed by atoms with van der Waals surface area (Å²) >= 11 is 5.91. The third kappa shape index (κ3) is 2.20. The highest BCUT2D eigenvalue weighted by atomic mass is 35.5. The molecule has 3 atom stereocenters. The van der Waals surface area contributed by atoms with E-state index in [9.17, 15) is 0 Å². The van der Waals surface area contributed by atoms with Crippen molar-refractivity contribution >= 4 is 11.6 Å². The normalized spacial score (nSPS) is 31.8. The van der Waals surface area contributed by atoms with Crippen molar-refractivity contribution in [2.24, 2.45) is 11.8 Å². The Labute approximate surface area is 96.7 Å². The van der Waals surface area contributed by atoms with Gasteiger partial charge in [0.2, 0.25) is 0 Å². The van der Waals surface area contributed by atoms with Crippen LogP contribution < -0.4 is 0 Å². The molecule has 3 heteroatoms. The van der Waals surface area contributed by atoms with Gasteiger partial charge < -0.3 is 4.57 Å². The Bertz CT molecular complexity index is 321. The van der Waals surface area contributed by atoms with Crippen LogP contribution in [-0.2, 0) is 5.88 Å². The molecule has 0 radical (unpaired) electrons. The van der Waals surface area contributed by atoms with Gasteiger partial charge in [0.15, 0.2) is 0 Å². The van der Waals surface area contributed by atoms with Gasteiger partial charge in [-0.2, -0.15) is 0 Å². The van der Waals surface area contributed by atoms with Crippen molar-refractivity contribution in [2.45, 2.75) is 45.0 Å². The second-order valence-corrected chi connectivity index (χ2v) is 5.16. The molecule has 2 nitrogen and oxygen atoms in total. The molecule has 1 aromatic rings. The van der Waals surface area contributed by atoms with Crippen LogP contribution in [0.4, 0.5) is 0 Å². The predicted octanol–water partition coefficient (Wildman–Crippen LogP) is 3.62. The predicted molar refractivity (Wildman–Crippen MR) is 63.0 cm³/mol. The molecule has 0 spiro atoms. The number of nitrogens with zero attached hydrogens (tertiary/aromatic N) is 2. The van der Waals surface area contributed by atoms with Crippen LogP contribution in [0.1, 0.15) is 44.8 Å². The smallest absolute Gasteiger partial charge is 0.0951 e. The fraction of sp³-hybridized carbons (Fsp3) is 0.750. The standard InChI is InChI=1S/C12H19ClN2/c1-9-3-4-12(10(2)5-9)15-8-14-7-11(15)6-13/h7-10,12H,3-6H2,1-2H3. The van der Waals surface area contributed by atoms with Gasteiger partial charge in [0, 0.05) is 12.2 Å². The molecule has 1 fully saturated rings. The topological polar surface area (TPSA) is 17.8 Å². The van der Waals surface area contributed by atoms with Gasteiger partial charge in [-0.3, -0.25) is 0 Å². The largest absolute Gasteiger partial charge is 0.330 e. The minimum absolute atomic E-state index is 0.568. The molecular formula is C12H19ClN2. The molecule has 15 heavy (non-hydrogen) atoms. The number of rotatable bonds is 2. The van der Waals surface area contributed by atoms with Gasteiger partial charge in [-0.15, -0.1) is 11.6 Å². The van der Waals surface area contributed by atoms with Crippen molar-refractivity contribution < 1.29 is 0 Å². The minimum Gasteiger partial charge on any atom is -0.330 e. The van der Waals surface area contributed by atoms with Crippen LogP contribution in [0.15, 0.2) is 12.5 Å². The van der Waals surface area contributed by atoms with Gasteiger partial charge in [-0.1, -0.05) is 13.8 Å². The van der Waals surface area contributed by atoms with Gasteiger partial charge in [-0.25, -0.2) is 4.98 Å². The molecule has 84 valence electrons. The Balaban J connectivity index is 2.16. The number of alkyl halides is 1. The Hall–Kier alpha value is -0.500. The molecule has 3 unspecified atom stereocenters. The first-order chi connectivity index (χ1) is 7.22. The lowest BCUT2D eigenvalue weighted by Gasteiger charge is -2.34. The summed E-state index contributed by atoms with van der Waals surface area (Å²) in [4.78, 5) is 4.20. The van der Waals surface area contributed by atoms with E-state index in [-0.39, 0.29) is 0 Å². The van der Waals surface area contributed by atoms with E-state index < -0.39 is 0 Å². The van der Waals surface area contributed by atoms with E-state index in [0.29, 0.717) is 11.9 Å². The average Bonchev–Trinajstić information content (AvgIpc) is 2.65. The first kappa shape index (κ1) is 11.0. The maximum absolute atomic E-state index is 5.91. The zero-order valence-electron chi connectivity index (χ0n) is 9.49. The van der Waals surface area contributed by atoms with Gasteiger partial charge in [0.05, 0.1) is 17.9 Å². The van der Waals surface area contributed by atoms with E-state index in [4.69, 9.17) is 11.6 Å². The summed E-state index contributed by atoms with van der Waals surface area (Å²) in [5.74, 6) is 2.18. The molecule has 1 aliphatic carbocycles. The molecule has 0 aromatic carbocycles. The number of hydrogen-bond donors (Lipinski definition) is 0. The maximum Gasteiger partial charge on any atom is 0.0951 e. The molecule has 0 bridgehead atoms. The van der Waals surface area contributed by atoms with E-state index in [1.165, 1.54) is 19.3 Å². The Morgan fingerprint density at radius 3 is 2.93 bits per heavy atom. The molecule has 1 heterocycles. The zero-order valence-corrected chi connectivity index (χ0v) is 10.2. The van der Waals surface area contributed by atoms with Crippen molar-refractivity contribution in [3.8, 4) is 0 Å². The van der Waals surface area contributed by atoms with Gasteiger partial charge >= 0.3 is 0 Å². The molecule has 2 rings (SSSR count). The lowest BCUT2D eigenvalue weighted by molar-refractivity contribution is 0.205. The van der Waals surface area contributed by atoms with Gasteiger partial charge in [0.25, 0.3) is 0 Å². The molecule has 0 saturated heterocycles. The highest BCUT2D eigenvalue weighted by Crippen LogP contribution is 2.37. The summed E-state index contributed by atoms with van der Waals surface area (Å²) in [6, 6.07) is 0.609. The fourth-order valence-electron chi connectivity index (χ4n) is 2.80. The van der Waals surface area contributed by atoms with Crippen LogP contribution >= 0.6 is 11.6 Å². The van der Waals surface area contributed by atoms with Crippen molar-refractivity contribution in [1.29, 1.82) is 0 Å². The Morgan fingerprint density at radius 1 is 1.47 bits per heavy atom. The van der Waals surface area contributed by atoms with Crippen molar-refractivity contribution in [3.05, 3.63) is 18.2 Å². The number of imidazole rings is 1. The number of halogens is 1. The molecule has 0 amide bonds. The van der Waals surface area contributed by atoms with Gasteiger partial charge in [0.1, 0.15) is 0 Å². The van der Waals surface area contributed by atoms with Crippen molar-refractivity contribution in [2.75, 3.05) is 0 Å². The van der Waals surface area contributed by atoms with Crippen LogP contribution in [0.25, 0.3) is 0 Å². The summed E-state index contributed by atoms with van der Waals surface area (Å²) in [5, 5.41) is 0. The summed E-state index contributed by atoms with van der Waals surface area (Å²) < 4.78 is 2.28.